The van der Waals surface area contributed by atoms with Gasteiger partial charge in [-0.15, -0.1) is 0 Å². The summed E-state index contributed by atoms with van der Waals surface area (Å²) in [5.41, 5.74) is 2.93. The van der Waals surface area contributed by atoms with Gasteiger partial charge in [0.15, 0.2) is 0 Å². The lowest BCUT2D eigenvalue weighted by molar-refractivity contribution is 0.0684. The van der Waals surface area contributed by atoms with Crippen LogP contribution < -0.4 is 10.1 Å². The van der Waals surface area contributed by atoms with Crippen LogP contribution in [-0.4, -0.2) is 32.9 Å². The number of halogens is 1. The summed E-state index contributed by atoms with van der Waals surface area (Å²) in [6.07, 6.45) is 7.00. The summed E-state index contributed by atoms with van der Waals surface area (Å²) in [5, 5.41) is 3.08. The van der Waals surface area contributed by atoms with Gasteiger partial charge in [0.05, 0.1) is 13.2 Å². The molecule has 0 heterocycles. The molecule has 0 bridgehead atoms. The van der Waals surface area contributed by atoms with Gasteiger partial charge in [0.25, 0.3) is 0 Å². The fourth-order valence-electron chi connectivity index (χ4n) is 2.68. The number of nitrogens with one attached hydrogen (secondary N) is 1. The lowest BCUT2D eigenvalue weighted by atomic mass is 10.0. The largest absolute Gasteiger partial charge is 0.483 e. The highest BCUT2D eigenvalue weighted by Gasteiger charge is 2.16. The Bertz CT molecular complexity index is 769. The number of ether oxygens (including phenoxy) is 2. The maximum atomic E-state index is 13.3. The van der Waals surface area contributed by atoms with Crippen LogP contribution in [0.2, 0.25) is 0 Å². The quantitative estimate of drug-likeness (QED) is 0.341. The summed E-state index contributed by atoms with van der Waals surface area (Å²) in [5.74, 6) is 0.503. The monoisotopic (exact) mass is 413 g/mol. The van der Waals surface area contributed by atoms with Gasteiger partial charge in [0.1, 0.15) is 17.7 Å². The Balaban J connectivity index is 0.00000218. The van der Waals surface area contributed by atoms with E-state index in [-0.39, 0.29) is 11.9 Å². The molecule has 164 valence electrons. The SMILES string of the molecule is CC.CC/C=C\C=C(/C)[C@@H](COCCNC)Oc1ccccc1-c1ccc(F)cc1. The lowest BCUT2D eigenvalue weighted by Crippen LogP contribution is -2.26. The second kappa shape index (κ2) is 15.4. The lowest BCUT2D eigenvalue weighted by Gasteiger charge is -2.22. The molecule has 0 aliphatic heterocycles. The van der Waals surface area contributed by atoms with Crippen molar-refractivity contribution in [2.75, 3.05) is 26.8 Å². The number of allylic oxidation sites excluding steroid dienone is 3. The molecule has 0 aliphatic carbocycles. The molecule has 4 heteroatoms. The molecular formula is C26H36FNO2. The van der Waals surface area contributed by atoms with Crippen molar-refractivity contribution in [2.45, 2.75) is 40.2 Å². The number of hydrogen-bond donors (Lipinski definition) is 1. The standard InChI is InChI=1S/C24H30FNO2.C2H6/c1-4-5-6-9-19(2)24(18-27-17-16-26-3)28-23-11-8-7-10-22(23)20-12-14-21(25)15-13-20;1-2/h5-15,24,26H,4,16-18H2,1-3H3;1-2H3/b6-5-,19-9+;/t24-;/m1./s1. The van der Waals surface area contributed by atoms with Crippen molar-refractivity contribution >= 4 is 0 Å². The molecule has 0 aliphatic rings. The molecule has 0 fully saturated rings. The van der Waals surface area contributed by atoms with E-state index in [9.17, 15) is 4.39 Å². The van der Waals surface area contributed by atoms with Crippen LogP contribution in [0.5, 0.6) is 5.75 Å². The van der Waals surface area contributed by atoms with Crippen LogP contribution in [0.4, 0.5) is 4.39 Å². The highest BCUT2D eigenvalue weighted by atomic mass is 19.1. The van der Waals surface area contributed by atoms with E-state index in [2.05, 4.69) is 24.4 Å². The molecule has 0 unspecified atom stereocenters. The third-order valence-corrected chi connectivity index (χ3v) is 4.32. The van der Waals surface area contributed by atoms with Crippen LogP contribution in [0.3, 0.4) is 0 Å². The normalized spacial score (nSPS) is 12.4. The predicted molar refractivity (Wildman–Crippen MR) is 126 cm³/mol. The molecule has 0 spiro atoms. The fraction of sp³-hybridized carbons (Fsp3) is 0.385. The molecule has 2 aromatic rings. The van der Waals surface area contributed by atoms with Crippen LogP contribution in [0.25, 0.3) is 11.1 Å². The van der Waals surface area contributed by atoms with Crippen molar-refractivity contribution in [2.24, 2.45) is 0 Å². The zero-order valence-electron chi connectivity index (χ0n) is 19.0. The fourth-order valence-corrected chi connectivity index (χ4v) is 2.68. The maximum Gasteiger partial charge on any atom is 0.143 e. The third kappa shape index (κ3) is 8.93. The van der Waals surface area contributed by atoms with Crippen molar-refractivity contribution < 1.29 is 13.9 Å². The highest BCUT2D eigenvalue weighted by molar-refractivity contribution is 5.70. The van der Waals surface area contributed by atoms with E-state index >= 15 is 0 Å². The minimum atomic E-state index is -0.251. The number of rotatable bonds is 11. The Morgan fingerprint density at radius 3 is 2.47 bits per heavy atom. The number of para-hydroxylation sites is 1. The van der Waals surface area contributed by atoms with Gasteiger partial charge in [-0.2, -0.15) is 0 Å². The van der Waals surface area contributed by atoms with Gasteiger partial charge in [-0.05, 0) is 49.7 Å². The molecule has 3 nitrogen and oxygen atoms in total. The smallest absolute Gasteiger partial charge is 0.143 e. The summed E-state index contributed by atoms with van der Waals surface area (Å²) in [4.78, 5) is 0. The maximum absolute atomic E-state index is 13.3. The van der Waals surface area contributed by atoms with Crippen molar-refractivity contribution in [3.05, 3.63) is 78.1 Å². The summed E-state index contributed by atoms with van der Waals surface area (Å²) >= 11 is 0. The molecule has 0 saturated carbocycles. The first-order valence-electron chi connectivity index (χ1n) is 10.7. The zero-order chi connectivity index (χ0) is 22.2. The van der Waals surface area contributed by atoms with Crippen LogP contribution in [0, 0.1) is 5.82 Å². The summed E-state index contributed by atoms with van der Waals surface area (Å²) < 4.78 is 25.5. The van der Waals surface area contributed by atoms with Crippen LogP contribution in [0.1, 0.15) is 34.1 Å². The molecule has 1 N–H and O–H groups in total. The molecule has 0 amide bonds. The van der Waals surface area contributed by atoms with Gasteiger partial charge < -0.3 is 14.8 Å². The summed E-state index contributed by atoms with van der Waals surface area (Å²) in [7, 11) is 1.90. The van der Waals surface area contributed by atoms with Gasteiger partial charge in [0, 0.05) is 12.1 Å². The molecule has 30 heavy (non-hydrogen) atoms. The minimum Gasteiger partial charge on any atom is -0.483 e. The molecule has 0 saturated heterocycles. The van der Waals surface area contributed by atoms with Gasteiger partial charge in [0.2, 0.25) is 0 Å². The van der Waals surface area contributed by atoms with E-state index in [1.807, 2.05) is 58.2 Å². The summed E-state index contributed by atoms with van der Waals surface area (Å²) in [6, 6.07) is 14.3. The second-order valence-electron chi connectivity index (χ2n) is 6.54. The average molecular weight is 414 g/mol. The molecule has 2 aromatic carbocycles. The molecule has 0 radical (unpaired) electrons. The van der Waals surface area contributed by atoms with E-state index in [0.717, 1.165) is 35.4 Å². The van der Waals surface area contributed by atoms with E-state index < -0.39 is 0 Å². The minimum absolute atomic E-state index is 0.208. The van der Waals surface area contributed by atoms with E-state index in [1.54, 1.807) is 12.1 Å². The number of hydrogen-bond acceptors (Lipinski definition) is 3. The molecule has 2 rings (SSSR count). The number of benzene rings is 2. The van der Waals surface area contributed by atoms with Crippen LogP contribution in [0.15, 0.2) is 72.3 Å². The van der Waals surface area contributed by atoms with Crippen LogP contribution >= 0.6 is 0 Å². The molecular weight excluding hydrogens is 377 g/mol. The van der Waals surface area contributed by atoms with Gasteiger partial charge in [-0.3, -0.25) is 0 Å². The third-order valence-electron chi connectivity index (χ3n) is 4.32. The van der Waals surface area contributed by atoms with Crippen molar-refractivity contribution in [3.63, 3.8) is 0 Å². The summed E-state index contributed by atoms with van der Waals surface area (Å²) in [6.45, 7) is 10.0. The first kappa shape index (κ1) is 25.6. The van der Waals surface area contributed by atoms with Crippen LogP contribution in [-0.2, 0) is 4.74 Å². The topological polar surface area (TPSA) is 30.5 Å². The van der Waals surface area contributed by atoms with Gasteiger partial charge in [-0.25, -0.2) is 4.39 Å². The van der Waals surface area contributed by atoms with E-state index in [4.69, 9.17) is 9.47 Å². The second-order valence-corrected chi connectivity index (χ2v) is 6.54. The molecule has 1 atom stereocenters. The van der Waals surface area contributed by atoms with E-state index in [1.165, 1.54) is 12.1 Å². The van der Waals surface area contributed by atoms with Gasteiger partial charge >= 0.3 is 0 Å². The Hall–Kier alpha value is -2.43. The Kier molecular flexibility index (Phi) is 13.2. The number of likely N-dealkylation sites (N-methyl/N-ethyl adjacent to an activating group) is 1. The average Bonchev–Trinajstić information content (AvgIpc) is 2.78. The first-order chi connectivity index (χ1) is 14.7. The zero-order valence-corrected chi connectivity index (χ0v) is 19.0. The van der Waals surface area contributed by atoms with Gasteiger partial charge in [-0.1, -0.05) is 69.3 Å². The Morgan fingerprint density at radius 2 is 1.80 bits per heavy atom. The predicted octanol–water partition coefficient (Wildman–Crippen LogP) is 6.41. The van der Waals surface area contributed by atoms with Crippen molar-refractivity contribution in [3.8, 4) is 16.9 Å². The van der Waals surface area contributed by atoms with Crippen molar-refractivity contribution in [1.82, 2.24) is 5.32 Å². The van der Waals surface area contributed by atoms with E-state index in [0.29, 0.717) is 13.2 Å². The van der Waals surface area contributed by atoms with Crippen molar-refractivity contribution in [1.29, 1.82) is 0 Å². The highest BCUT2D eigenvalue weighted by Crippen LogP contribution is 2.31. The Morgan fingerprint density at radius 1 is 1.10 bits per heavy atom. The Labute approximate surface area is 181 Å². The molecule has 0 aromatic heterocycles. The first-order valence-corrected chi connectivity index (χ1v) is 10.7.